The maximum atomic E-state index is 5.21. The molecule has 0 aliphatic rings. The molecule has 1 aromatic rings. The van der Waals surface area contributed by atoms with Crippen LogP contribution < -0.4 is 10.7 Å². The molecule has 2 N–H and O–H groups in total. The largest absolute Gasteiger partial charge is 0.411 e. The molecule has 2 nitrogen and oxygen atoms in total. The monoisotopic (exact) mass is 235 g/mol. The number of aryl methyl sites for hydroxylation is 1. The van der Waals surface area contributed by atoms with Gasteiger partial charge in [0.1, 0.15) is 0 Å². The van der Waals surface area contributed by atoms with E-state index in [0.29, 0.717) is 5.75 Å². The first-order valence-corrected chi connectivity index (χ1v) is 6.04. The summed E-state index contributed by atoms with van der Waals surface area (Å²) in [4.78, 5) is 4.81. The van der Waals surface area contributed by atoms with Gasteiger partial charge < -0.3 is 4.84 Å². The minimum atomic E-state index is 0.120. The van der Waals surface area contributed by atoms with Crippen LogP contribution >= 0.6 is 0 Å². The van der Waals surface area contributed by atoms with E-state index in [0.717, 1.165) is 5.56 Å². The molecule has 0 aliphatic heterocycles. The van der Waals surface area contributed by atoms with Crippen LogP contribution in [0.15, 0.2) is 18.7 Å². The molecule has 0 atom stereocenters. The van der Waals surface area contributed by atoms with Crippen LogP contribution in [-0.2, 0) is 5.41 Å². The molecular formula is C15H25NO. The Hall–Kier alpha value is -1.28. The molecule has 0 saturated heterocycles. The smallest absolute Gasteiger partial charge is 0.154 e. The number of nitrogens with two attached hydrogens (primary N) is 1. The summed E-state index contributed by atoms with van der Waals surface area (Å²) in [5, 5.41) is 0. The number of rotatable bonds is 2. The van der Waals surface area contributed by atoms with Crippen LogP contribution in [0.1, 0.15) is 51.3 Å². The predicted octanol–water partition coefficient (Wildman–Crippen LogP) is 4.21. The average Bonchev–Trinajstić information content (AvgIpc) is 2.29. The van der Waals surface area contributed by atoms with Crippen molar-refractivity contribution in [3.8, 4) is 5.75 Å². The van der Waals surface area contributed by atoms with Crippen LogP contribution in [0.25, 0.3) is 6.08 Å². The van der Waals surface area contributed by atoms with Gasteiger partial charge in [0.25, 0.3) is 0 Å². The molecule has 0 radical (unpaired) electrons. The van der Waals surface area contributed by atoms with Gasteiger partial charge >= 0.3 is 0 Å². The zero-order valence-corrected chi connectivity index (χ0v) is 11.9. The topological polar surface area (TPSA) is 35.2 Å². The molecule has 0 aliphatic carbocycles. The van der Waals surface area contributed by atoms with E-state index in [1.165, 1.54) is 11.1 Å². The van der Waals surface area contributed by atoms with Crippen molar-refractivity contribution in [2.75, 3.05) is 0 Å². The van der Waals surface area contributed by atoms with Crippen molar-refractivity contribution in [2.45, 2.75) is 47.0 Å². The highest BCUT2D eigenvalue weighted by molar-refractivity contribution is 5.59. The fraction of sp³-hybridized carbons (Fsp3) is 0.467. The second-order valence-corrected chi connectivity index (χ2v) is 4.78. The quantitative estimate of drug-likeness (QED) is 0.779. The second kappa shape index (κ2) is 6.45. The van der Waals surface area contributed by atoms with Crippen LogP contribution in [0.4, 0.5) is 0 Å². The molecule has 96 valence electrons. The minimum Gasteiger partial charge on any atom is -0.411 e. The number of hydrogen-bond donors (Lipinski definition) is 1. The molecule has 2 heteroatoms. The molecule has 0 bridgehead atoms. The van der Waals surface area contributed by atoms with Gasteiger partial charge in [0.05, 0.1) is 0 Å². The Balaban J connectivity index is 0.00000121. The summed E-state index contributed by atoms with van der Waals surface area (Å²) in [6, 6.07) is 4.04. The lowest BCUT2D eigenvalue weighted by Crippen LogP contribution is -2.14. The molecule has 17 heavy (non-hydrogen) atoms. The lowest BCUT2D eigenvalue weighted by Gasteiger charge is -2.23. The summed E-state index contributed by atoms with van der Waals surface area (Å²) >= 11 is 0. The van der Waals surface area contributed by atoms with Gasteiger partial charge in [0.2, 0.25) is 0 Å². The van der Waals surface area contributed by atoms with Crippen molar-refractivity contribution in [3.05, 3.63) is 35.4 Å². The van der Waals surface area contributed by atoms with Gasteiger partial charge in [0, 0.05) is 5.56 Å². The van der Waals surface area contributed by atoms with Gasteiger partial charge in [0.15, 0.2) is 5.75 Å². The zero-order chi connectivity index (χ0) is 13.6. The Bertz CT molecular complexity index is 375. The Morgan fingerprint density at radius 1 is 1.24 bits per heavy atom. The van der Waals surface area contributed by atoms with Crippen molar-refractivity contribution in [2.24, 2.45) is 5.90 Å². The first-order chi connectivity index (χ1) is 7.90. The summed E-state index contributed by atoms with van der Waals surface area (Å²) < 4.78 is 0. The molecule has 0 heterocycles. The maximum Gasteiger partial charge on any atom is 0.154 e. The van der Waals surface area contributed by atoms with Crippen molar-refractivity contribution in [3.63, 3.8) is 0 Å². The molecule has 0 saturated carbocycles. The van der Waals surface area contributed by atoms with Gasteiger partial charge in [-0.15, -0.1) is 0 Å². The summed E-state index contributed by atoms with van der Waals surface area (Å²) in [6.45, 7) is 16.4. The molecule has 0 aromatic heterocycles. The molecule has 0 spiro atoms. The highest BCUT2D eigenvalue weighted by atomic mass is 16.6. The SMILES string of the molecule is C=Cc1cc(C(C)(C)C)c(C)cc1ON.CC. The molecular weight excluding hydrogens is 210 g/mol. The summed E-state index contributed by atoms with van der Waals surface area (Å²) in [6.07, 6.45) is 1.76. The fourth-order valence-corrected chi connectivity index (χ4v) is 1.77. The van der Waals surface area contributed by atoms with Crippen LogP contribution in [0.3, 0.4) is 0 Å². The third kappa shape index (κ3) is 3.90. The van der Waals surface area contributed by atoms with Gasteiger partial charge in [-0.1, -0.05) is 47.3 Å². The Morgan fingerprint density at radius 3 is 2.12 bits per heavy atom. The van der Waals surface area contributed by atoms with E-state index >= 15 is 0 Å². The molecule has 1 rings (SSSR count). The van der Waals surface area contributed by atoms with Gasteiger partial charge in [-0.25, -0.2) is 0 Å². The van der Waals surface area contributed by atoms with E-state index in [1.807, 2.05) is 19.9 Å². The van der Waals surface area contributed by atoms with Crippen molar-refractivity contribution < 1.29 is 4.84 Å². The van der Waals surface area contributed by atoms with E-state index in [-0.39, 0.29) is 5.41 Å². The van der Waals surface area contributed by atoms with Gasteiger partial charge in [-0.05, 0) is 35.6 Å². The highest BCUT2D eigenvalue weighted by Gasteiger charge is 2.18. The third-order valence-electron chi connectivity index (χ3n) is 2.51. The van der Waals surface area contributed by atoms with Crippen molar-refractivity contribution in [1.29, 1.82) is 0 Å². The average molecular weight is 235 g/mol. The summed E-state index contributed by atoms with van der Waals surface area (Å²) in [5.74, 6) is 5.88. The van der Waals surface area contributed by atoms with Gasteiger partial charge in [-0.3, -0.25) is 0 Å². The molecule has 0 amide bonds. The Kier molecular flexibility index (Phi) is 5.97. The predicted molar refractivity (Wildman–Crippen MR) is 76.1 cm³/mol. The lowest BCUT2D eigenvalue weighted by molar-refractivity contribution is 0.333. The zero-order valence-electron chi connectivity index (χ0n) is 11.9. The van der Waals surface area contributed by atoms with Gasteiger partial charge in [-0.2, -0.15) is 5.90 Å². The lowest BCUT2D eigenvalue weighted by atomic mass is 9.83. The summed E-state index contributed by atoms with van der Waals surface area (Å²) in [5.41, 5.74) is 3.54. The third-order valence-corrected chi connectivity index (χ3v) is 2.51. The van der Waals surface area contributed by atoms with E-state index in [1.54, 1.807) is 6.08 Å². The molecule has 0 unspecified atom stereocenters. The Morgan fingerprint density at radius 2 is 1.76 bits per heavy atom. The van der Waals surface area contributed by atoms with E-state index in [2.05, 4.69) is 40.3 Å². The minimum absolute atomic E-state index is 0.120. The fourth-order valence-electron chi connectivity index (χ4n) is 1.77. The normalized spacial score (nSPS) is 10.3. The summed E-state index contributed by atoms with van der Waals surface area (Å²) in [7, 11) is 0. The van der Waals surface area contributed by atoms with Crippen LogP contribution in [-0.4, -0.2) is 0 Å². The van der Waals surface area contributed by atoms with Crippen LogP contribution in [0.5, 0.6) is 5.75 Å². The highest BCUT2D eigenvalue weighted by Crippen LogP contribution is 2.31. The standard InChI is InChI=1S/C13H19NO.C2H6/c1-6-10-8-11(13(3,4)5)9(2)7-12(10)15-14;1-2/h6-8H,1,14H2,2-5H3;1-2H3. The maximum absolute atomic E-state index is 5.21. The van der Waals surface area contributed by atoms with E-state index in [9.17, 15) is 0 Å². The van der Waals surface area contributed by atoms with E-state index in [4.69, 9.17) is 10.7 Å². The molecule has 1 aromatic carbocycles. The number of benzene rings is 1. The van der Waals surface area contributed by atoms with E-state index < -0.39 is 0 Å². The number of hydrogen-bond acceptors (Lipinski definition) is 2. The van der Waals surface area contributed by atoms with Crippen LogP contribution in [0.2, 0.25) is 0 Å². The van der Waals surface area contributed by atoms with Crippen molar-refractivity contribution in [1.82, 2.24) is 0 Å². The first kappa shape index (κ1) is 15.7. The second-order valence-electron chi connectivity index (χ2n) is 4.78. The first-order valence-electron chi connectivity index (χ1n) is 6.04. The molecule has 0 fully saturated rings. The Labute approximate surface area is 105 Å². The van der Waals surface area contributed by atoms with Crippen molar-refractivity contribution >= 4 is 6.08 Å². The van der Waals surface area contributed by atoms with Crippen LogP contribution in [0, 0.1) is 6.92 Å².